The third-order valence-electron chi connectivity index (χ3n) is 0.584. The van der Waals surface area contributed by atoms with Gasteiger partial charge in [0.15, 0.2) is 0 Å². The standard InChI is InChI=1S/C4H11NO/c1-4(6)2-3-5/h4,6H,2-3,5H2,1H3/t4-/m1/s1. The lowest BCUT2D eigenvalue weighted by Gasteiger charge is -1.95. The molecule has 0 rings (SSSR count). The number of nitrogens with two attached hydrogens (primary N) is 1. The summed E-state index contributed by atoms with van der Waals surface area (Å²) in [6.45, 7) is 2.31. The minimum Gasteiger partial charge on any atom is -0.393 e. The molecule has 0 aliphatic rings. The maximum Gasteiger partial charge on any atom is 0.0524 e. The minimum absolute atomic E-state index is 0.227. The zero-order chi connectivity index (χ0) is 4.99. The van der Waals surface area contributed by atoms with Gasteiger partial charge in [0.05, 0.1) is 6.10 Å². The number of aliphatic hydroxyl groups is 1. The molecule has 0 saturated carbocycles. The van der Waals surface area contributed by atoms with Crippen LogP contribution in [0.1, 0.15) is 13.3 Å². The van der Waals surface area contributed by atoms with E-state index >= 15 is 0 Å². The molecule has 0 aromatic carbocycles. The third kappa shape index (κ3) is 3.92. The van der Waals surface area contributed by atoms with Gasteiger partial charge in [0.1, 0.15) is 0 Å². The summed E-state index contributed by atoms with van der Waals surface area (Å²) < 4.78 is 0. The fourth-order valence-corrected chi connectivity index (χ4v) is 0.241. The monoisotopic (exact) mass is 89.1 g/mol. The second-order valence-corrected chi connectivity index (χ2v) is 1.43. The SMILES string of the molecule is C[C@@H](O)CCN. The van der Waals surface area contributed by atoms with E-state index in [0.29, 0.717) is 13.0 Å². The maximum absolute atomic E-state index is 8.47. The van der Waals surface area contributed by atoms with Crippen molar-refractivity contribution in [1.29, 1.82) is 0 Å². The molecule has 0 aliphatic carbocycles. The number of hydrogen-bond acceptors (Lipinski definition) is 2. The van der Waals surface area contributed by atoms with Crippen LogP contribution in [0.25, 0.3) is 0 Å². The van der Waals surface area contributed by atoms with Gasteiger partial charge in [-0.2, -0.15) is 0 Å². The Morgan fingerprint density at radius 1 is 1.83 bits per heavy atom. The Labute approximate surface area is 38.0 Å². The highest BCUT2D eigenvalue weighted by Crippen LogP contribution is 1.81. The van der Waals surface area contributed by atoms with Gasteiger partial charge >= 0.3 is 0 Å². The second-order valence-electron chi connectivity index (χ2n) is 1.43. The quantitative estimate of drug-likeness (QED) is 0.488. The van der Waals surface area contributed by atoms with Gasteiger partial charge in [-0.15, -0.1) is 0 Å². The Balaban J connectivity index is 2.63. The number of hydrogen-bond donors (Lipinski definition) is 2. The molecule has 2 heteroatoms. The first-order valence-corrected chi connectivity index (χ1v) is 2.15. The molecule has 0 unspecified atom stereocenters. The third-order valence-corrected chi connectivity index (χ3v) is 0.584. The van der Waals surface area contributed by atoms with E-state index < -0.39 is 0 Å². The van der Waals surface area contributed by atoms with Gasteiger partial charge in [-0.3, -0.25) is 0 Å². The zero-order valence-corrected chi connectivity index (χ0v) is 4.02. The Kier molecular flexibility index (Phi) is 3.08. The van der Waals surface area contributed by atoms with Crippen molar-refractivity contribution in [3.8, 4) is 0 Å². The summed E-state index contributed by atoms with van der Waals surface area (Å²) in [5.74, 6) is 0. The van der Waals surface area contributed by atoms with Crippen LogP contribution >= 0.6 is 0 Å². The van der Waals surface area contributed by atoms with Gasteiger partial charge in [-0.25, -0.2) is 0 Å². The molecule has 0 fully saturated rings. The van der Waals surface area contributed by atoms with Crippen LogP contribution in [0.5, 0.6) is 0 Å². The Morgan fingerprint density at radius 3 is 2.33 bits per heavy atom. The largest absolute Gasteiger partial charge is 0.393 e. The fraction of sp³-hybridized carbons (Fsp3) is 1.00. The van der Waals surface area contributed by atoms with Crippen LogP contribution in [-0.4, -0.2) is 17.8 Å². The van der Waals surface area contributed by atoms with E-state index in [4.69, 9.17) is 10.8 Å². The number of rotatable bonds is 2. The summed E-state index contributed by atoms with van der Waals surface area (Å²) in [5, 5.41) is 8.47. The molecule has 0 bridgehead atoms. The number of aliphatic hydroxyl groups excluding tert-OH is 1. The smallest absolute Gasteiger partial charge is 0.0524 e. The van der Waals surface area contributed by atoms with Crippen LogP contribution in [0.15, 0.2) is 0 Å². The molecular formula is C4H11NO. The Morgan fingerprint density at radius 2 is 2.33 bits per heavy atom. The summed E-state index contributed by atoms with van der Waals surface area (Å²) in [5.41, 5.74) is 5.07. The van der Waals surface area contributed by atoms with Crippen molar-refractivity contribution in [3.05, 3.63) is 0 Å². The highest BCUT2D eigenvalue weighted by molar-refractivity contribution is 4.43. The molecule has 0 heterocycles. The molecule has 0 radical (unpaired) electrons. The Hall–Kier alpha value is -0.0800. The van der Waals surface area contributed by atoms with Gasteiger partial charge in [-0.05, 0) is 19.9 Å². The van der Waals surface area contributed by atoms with Crippen molar-refractivity contribution >= 4 is 0 Å². The molecule has 0 spiro atoms. The first kappa shape index (κ1) is 5.92. The summed E-state index contributed by atoms with van der Waals surface area (Å²) >= 11 is 0. The van der Waals surface area contributed by atoms with Gasteiger partial charge in [0.25, 0.3) is 0 Å². The lowest BCUT2D eigenvalue weighted by molar-refractivity contribution is 0.187. The van der Waals surface area contributed by atoms with E-state index in [9.17, 15) is 0 Å². The van der Waals surface area contributed by atoms with Gasteiger partial charge in [-0.1, -0.05) is 0 Å². The molecule has 38 valence electrons. The molecular weight excluding hydrogens is 78.0 g/mol. The zero-order valence-electron chi connectivity index (χ0n) is 4.02. The normalized spacial score (nSPS) is 14.5. The molecule has 0 saturated heterocycles. The molecule has 1 atom stereocenters. The molecule has 3 N–H and O–H groups in total. The molecule has 6 heavy (non-hydrogen) atoms. The summed E-state index contributed by atoms with van der Waals surface area (Å²) in [6.07, 6.45) is 0.481. The van der Waals surface area contributed by atoms with E-state index in [1.165, 1.54) is 0 Å². The van der Waals surface area contributed by atoms with Crippen molar-refractivity contribution < 1.29 is 5.11 Å². The molecule has 0 aromatic rings. The predicted octanol–water partition coefficient (Wildman–Crippen LogP) is -0.284. The average Bonchev–Trinajstić information content (AvgIpc) is 1.35. The van der Waals surface area contributed by atoms with Gasteiger partial charge < -0.3 is 10.8 Å². The predicted molar refractivity (Wildman–Crippen MR) is 25.4 cm³/mol. The van der Waals surface area contributed by atoms with E-state index in [1.54, 1.807) is 6.92 Å². The highest BCUT2D eigenvalue weighted by atomic mass is 16.3. The first-order chi connectivity index (χ1) is 2.77. The van der Waals surface area contributed by atoms with Crippen molar-refractivity contribution in [3.63, 3.8) is 0 Å². The van der Waals surface area contributed by atoms with Gasteiger partial charge in [0, 0.05) is 0 Å². The minimum atomic E-state index is -0.227. The van der Waals surface area contributed by atoms with Gasteiger partial charge in [0.2, 0.25) is 0 Å². The van der Waals surface area contributed by atoms with E-state index in [-0.39, 0.29) is 6.10 Å². The lowest BCUT2D eigenvalue weighted by Crippen LogP contribution is -2.08. The van der Waals surface area contributed by atoms with Crippen LogP contribution in [0.4, 0.5) is 0 Å². The van der Waals surface area contributed by atoms with Crippen LogP contribution < -0.4 is 5.73 Å². The average molecular weight is 89.1 g/mol. The molecule has 0 amide bonds. The fourth-order valence-electron chi connectivity index (χ4n) is 0.241. The topological polar surface area (TPSA) is 46.2 Å². The molecule has 2 nitrogen and oxygen atoms in total. The lowest BCUT2D eigenvalue weighted by atomic mass is 10.3. The van der Waals surface area contributed by atoms with Crippen LogP contribution in [0.2, 0.25) is 0 Å². The van der Waals surface area contributed by atoms with Crippen LogP contribution in [0, 0.1) is 0 Å². The van der Waals surface area contributed by atoms with Crippen molar-refractivity contribution in [2.24, 2.45) is 5.73 Å². The first-order valence-electron chi connectivity index (χ1n) is 2.15. The summed E-state index contributed by atoms with van der Waals surface area (Å²) in [7, 11) is 0. The summed E-state index contributed by atoms with van der Waals surface area (Å²) in [6, 6.07) is 0. The van der Waals surface area contributed by atoms with Crippen LogP contribution in [-0.2, 0) is 0 Å². The molecule has 0 aromatic heterocycles. The highest BCUT2D eigenvalue weighted by Gasteiger charge is 1.87. The van der Waals surface area contributed by atoms with E-state index in [0.717, 1.165) is 0 Å². The maximum atomic E-state index is 8.47. The van der Waals surface area contributed by atoms with E-state index in [1.807, 2.05) is 0 Å². The van der Waals surface area contributed by atoms with Crippen LogP contribution in [0.3, 0.4) is 0 Å². The second kappa shape index (κ2) is 3.12. The van der Waals surface area contributed by atoms with Crippen molar-refractivity contribution in [2.75, 3.05) is 6.54 Å². The Bertz CT molecular complexity index is 28.7. The molecule has 0 aliphatic heterocycles. The van der Waals surface area contributed by atoms with Crippen molar-refractivity contribution in [2.45, 2.75) is 19.4 Å². The van der Waals surface area contributed by atoms with E-state index in [2.05, 4.69) is 0 Å². The summed E-state index contributed by atoms with van der Waals surface area (Å²) in [4.78, 5) is 0. The van der Waals surface area contributed by atoms with Crippen molar-refractivity contribution in [1.82, 2.24) is 0 Å².